The number of amides is 1. The highest BCUT2D eigenvalue weighted by molar-refractivity contribution is 7.88. The van der Waals surface area contributed by atoms with E-state index in [1.807, 2.05) is 6.07 Å². The van der Waals surface area contributed by atoms with Gasteiger partial charge in [-0.1, -0.05) is 0 Å². The van der Waals surface area contributed by atoms with Crippen molar-refractivity contribution in [1.29, 1.82) is 5.26 Å². The van der Waals surface area contributed by atoms with Crippen molar-refractivity contribution in [3.05, 3.63) is 29.8 Å². The van der Waals surface area contributed by atoms with Gasteiger partial charge in [0, 0.05) is 31.7 Å². The van der Waals surface area contributed by atoms with E-state index in [9.17, 15) is 13.2 Å². The lowest BCUT2D eigenvalue weighted by molar-refractivity contribution is -0.116. The summed E-state index contributed by atoms with van der Waals surface area (Å²) in [7, 11) is -1.53. The molecule has 2 rings (SSSR count). The zero-order valence-corrected chi connectivity index (χ0v) is 15.4. The van der Waals surface area contributed by atoms with E-state index in [0.717, 1.165) is 25.9 Å². The van der Waals surface area contributed by atoms with Crippen molar-refractivity contribution in [1.82, 2.24) is 9.21 Å². The lowest BCUT2D eigenvalue weighted by Crippen LogP contribution is -2.45. The number of benzene rings is 1. The predicted octanol–water partition coefficient (Wildman–Crippen LogP) is 1.24. The molecule has 0 radical (unpaired) electrons. The molecule has 0 aromatic heterocycles. The van der Waals surface area contributed by atoms with Gasteiger partial charge in [-0.2, -0.15) is 5.26 Å². The van der Waals surface area contributed by atoms with E-state index >= 15 is 0 Å². The minimum atomic E-state index is -3.15. The number of likely N-dealkylation sites (tertiary alicyclic amines) is 1. The van der Waals surface area contributed by atoms with E-state index in [-0.39, 0.29) is 11.9 Å². The minimum Gasteiger partial charge on any atom is -0.326 e. The van der Waals surface area contributed by atoms with Gasteiger partial charge in [-0.3, -0.25) is 4.79 Å². The van der Waals surface area contributed by atoms with E-state index in [4.69, 9.17) is 5.26 Å². The fourth-order valence-corrected chi connectivity index (χ4v) is 3.64. The van der Waals surface area contributed by atoms with Crippen LogP contribution >= 0.6 is 0 Å². The third-order valence-electron chi connectivity index (χ3n) is 4.55. The number of nitrogens with zero attached hydrogens (tertiary/aromatic N) is 3. The number of nitrogens with one attached hydrogen (secondary N) is 1. The molecule has 1 heterocycles. The summed E-state index contributed by atoms with van der Waals surface area (Å²) in [5, 5.41) is 11.6. The maximum absolute atomic E-state index is 12.0. The fourth-order valence-electron chi connectivity index (χ4n) is 2.89. The molecule has 1 N–H and O–H groups in total. The van der Waals surface area contributed by atoms with Crippen molar-refractivity contribution >= 4 is 21.6 Å². The van der Waals surface area contributed by atoms with Crippen LogP contribution in [0.4, 0.5) is 5.69 Å². The third kappa shape index (κ3) is 5.81. The number of hydrogen-bond acceptors (Lipinski definition) is 5. The van der Waals surface area contributed by atoms with E-state index in [2.05, 4.69) is 10.2 Å². The first kappa shape index (κ1) is 19.4. The second kappa shape index (κ2) is 8.43. The molecule has 136 valence electrons. The minimum absolute atomic E-state index is 0.0405. The number of sulfonamides is 1. The van der Waals surface area contributed by atoms with Gasteiger partial charge >= 0.3 is 0 Å². The molecule has 0 atom stereocenters. The Labute approximate surface area is 149 Å². The smallest absolute Gasteiger partial charge is 0.225 e. The average Bonchev–Trinajstić information content (AvgIpc) is 2.59. The molecule has 8 heteroatoms. The van der Waals surface area contributed by atoms with Gasteiger partial charge < -0.3 is 10.2 Å². The Morgan fingerprint density at radius 1 is 1.32 bits per heavy atom. The third-order valence-corrected chi connectivity index (χ3v) is 5.89. The van der Waals surface area contributed by atoms with E-state index < -0.39 is 10.0 Å². The molecule has 1 aliphatic heterocycles. The number of rotatable bonds is 6. The van der Waals surface area contributed by atoms with Gasteiger partial charge in [-0.25, -0.2) is 12.7 Å². The highest BCUT2D eigenvalue weighted by Gasteiger charge is 2.27. The number of nitriles is 1. The number of carbonyl (C=O) groups excluding carboxylic acids is 1. The Hall–Kier alpha value is -1.95. The van der Waals surface area contributed by atoms with Crippen LogP contribution in [0.5, 0.6) is 0 Å². The summed E-state index contributed by atoms with van der Waals surface area (Å²) in [6.45, 7) is 2.22. The molecule has 25 heavy (non-hydrogen) atoms. The van der Waals surface area contributed by atoms with Gasteiger partial charge in [0.25, 0.3) is 0 Å². The maximum atomic E-state index is 12.0. The molecular weight excluding hydrogens is 340 g/mol. The van der Waals surface area contributed by atoms with E-state index in [0.29, 0.717) is 24.2 Å². The quantitative estimate of drug-likeness (QED) is 0.820. The lowest BCUT2D eigenvalue weighted by atomic mass is 10.1. The predicted molar refractivity (Wildman–Crippen MR) is 96.5 cm³/mol. The monoisotopic (exact) mass is 364 g/mol. The molecule has 0 aliphatic carbocycles. The van der Waals surface area contributed by atoms with Crippen LogP contribution in [-0.4, -0.2) is 62.5 Å². The molecule has 7 nitrogen and oxygen atoms in total. The Kier molecular flexibility index (Phi) is 6.53. The van der Waals surface area contributed by atoms with Crippen LogP contribution in [0, 0.1) is 11.3 Å². The zero-order chi connectivity index (χ0) is 18.4. The molecule has 1 aromatic carbocycles. The Bertz CT molecular complexity index is 732. The first-order valence-corrected chi connectivity index (χ1v) is 10.1. The van der Waals surface area contributed by atoms with Crippen LogP contribution in [0.15, 0.2) is 24.3 Å². The summed E-state index contributed by atoms with van der Waals surface area (Å²) < 4.78 is 24.6. The van der Waals surface area contributed by atoms with Crippen LogP contribution < -0.4 is 5.32 Å². The normalized spacial score (nSPS) is 16.6. The second-order valence-electron chi connectivity index (χ2n) is 6.34. The Morgan fingerprint density at radius 3 is 2.44 bits per heavy atom. The van der Waals surface area contributed by atoms with Gasteiger partial charge in [-0.05, 0) is 50.2 Å². The highest BCUT2D eigenvalue weighted by Crippen LogP contribution is 2.17. The molecule has 0 bridgehead atoms. The molecular formula is C17H24N4O3S. The van der Waals surface area contributed by atoms with Crippen LogP contribution in [0.25, 0.3) is 0 Å². The van der Waals surface area contributed by atoms with Crippen molar-refractivity contribution in [2.24, 2.45) is 0 Å². The number of carbonyl (C=O) groups is 1. The summed E-state index contributed by atoms with van der Waals surface area (Å²) in [6.07, 6.45) is 3.17. The summed E-state index contributed by atoms with van der Waals surface area (Å²) in [6, 6.07) is 8.83. The van der Waals surface area contributed by atoms with Gasteiger partial charge in [0.2, 0.25) is 15.9 Å². The maximum Gasteiger partial charge on any atom is 0.225 e. The standard InChI is InChI=1S/C17H24N4O3S/c1-20(25(2,23)24)16-7-10-21(11-8-16)12-9-17(22)19-15-5-3-14(13-18)4-6-15/h3-6,16H,7-12H2,1-2H3,(H,19,22). The van der Waals surface area contributed by atoms with Crippen LogP contribution in [-0.2, 0) is 14.8 Å². The SMILES string of the molecule is CN(C1CCN(CCC(=O)Nc2ccc(C#N)cc2)CC1)S(C)(=O)=O. The van der Waals surface area contributed by atoms with Gasteiger partial charge in [0.05, 0.1) is 17.9 Å². The lowest BCUT2D eigenvalue weighted by Gasteiger charge is -2.35. The van der Waals surface area contributed by atoms with Gasteiger partial charge in [0.1, 0.15) is 0 Å². The topological polar surface area (TPSA) is 93.5 Å². The van der Waals surface area contributed by atoms with Gasteiger partial charge in [-0.15, -0.1) is 0 Å². The van der Waals surface area contributed by atoms with E-state index in [1.54, 1.807) is 31.3 Å². The first-order valence-electron chi connectivity index (χ1n) is 8.25. The molecule has 1 amide bonds. The molecule has 1 aliphatic rings. The van der Waals surface area contributed by atoms with Crippen molar-refractivity contribution in [3.63, 3.8) is 0 Å². The molecule has 0 saturated carbocycles. The van der Waals surface area contributed by atoms with Crippen molar-refractivity contribution in [2.45, 2.75) is 25.3 Å². The first-order chi connectivity index (χ1) is 11.8. The molecule has 0 unspecified atom stereocenters. The van der Waals surface area contributed by atoms with Gasteiger partial charge in [0.15, 0.2) is 0 Å². The largest absolute Gasteiger partial charge is 0.326 e. The number of piperidine rings is 1. The zero-order valence-electron chi connectivity index (χ0n) is 14.6. The summed E-state index contributed by atoms with van der Waals surface area (Å²) in [5.41, 5.74) is 1.23. The Balaban J connectivity index is 1.73. The van der Waals surface area contributed by atoms with Crippen LogP contribution in [0.2, 0.25) is 0 Å². The van der Waals surface area contributed by atoms with E-state index in [1.165, 1.54) is 10.6 Å². The van der Waals surface area contributed by atoms with Crippen molar-refractivity contribution in [2.75, 3.05) is 38.3 Å². The number of hydrogen-bond donors (Lipinski definition) is 1. The van der Waals surface area contributed by atoms with Crippen molar-refractivity contribution in [3.8, 4) is 6.07 Å². The molecule has 1 aromatic rings. The molecule has 1 saturated heterocycles. The fraction of sp³-hybridized carbons (Fsp3) is 0.529. The Morgan fingerprint density at radius 2 is 1.92 bits per heavy atom. The molecule has 0 spiro atoms. The van der Waals surface area contributed by atoms with Crippen LogP contribution in [0.3, 0.4) is 0 Å². The second-order valence-corrected chi connectivity index (χ2v) is 8.38. The molecule has 1 fully saturated rings. The number of anilines is 1. The summed E-state index contributed by atoms with van der Waals surface area (Å²) in [5.74, 6) is -0.0694. The summed E-state index contributed by atoms with van der Waals surface area (Å²) >= 11 is 0. The van der Waals surface area contributed by atoms with Crippen LogP contribution in [0.1, 0.15) is 24.8 Å². The average molecular weight is 364 g/mol. The highest BCUT2D eigenvalue weighted by atomic mass is 32.2. The van der Waals surface area contributed by atoms with Crippen molar-refractivity contribution < 1.29 is 13.2 Å². The summed E-state index contributed by atoms with van der Waals surface area (Å²) in [4.78, 5) is 14.2.